The Morgan fingerprint density at radius 2 is 0.905 bits per heavy atom. The van der Waals surface area contributed by atoms with Gasteiger partial charge in [-0.3, -0.25) is 34.0 Å². The molecule has 2 N–H and O–H groups in total. The van der Waals surface area contributed by atoms with Crippen LogP contribution in [0.4, 0.5) is 0 Å². The molecule has 42 heavy (non-hydrogen) atoms. The molecule has 0 amide bonds. The molecule has 2 aliphatic rings. The smallest absolute Gasteiger partial charge is 0.320 e. The fourth-order valence-electron chi connectivity index (χ4n) is 5.05. The second kappa shape index (κ2) is 15.8. The van der Waals surface area contributed by atoms with Gasteiger partial charge in [0.2, 0.25) is 0 Å². The largest absolute Gasteiger partial charge is 0.459 e. The average molecular weight is 600 g/mol. The molecule has 0 saturated carbocycles. The normalized spacial score (nSPS) is 23.6. The van der Waals surface area contributed by atoms with Gasteiger partial charge in [-0.05, 0) is 62.3 Å². The van der Waals surface area contributed by atoms with E-state index in [1.807, 2.05) is 67.2 Å². The molecule has 0 aromatic rings. The van der Waals surface area contributed by atoms with Crippen molar-refractivity contribution < 1.29 is 33.7 Å². The molecule has 12 heteroatoms. The summed E-state index contributed by atoms with van der Waals surface area (Å²) in [6.07, 6.45) is -0.499. The molecule has 0 aliphatic carbocycles. The number of β-amino-alcohol motifs (C(OH)–C–C–N with tert-alkyl or cyclic N) is 1. The van der Waals surface area contributed by atoms with E-state index in [2.05, 4.69) is 20.0 Å². The summed E-state index contributed by atoms with van der Waals surface area (Å²) < 4.78 is 16.8. The molecule has 2 heterocycles. The zero-order valence-electron chi connectivity index (χ0n) is 27.5. The van der Waals surface area contributed by atoms with Crippen LogP contribution in [-0.2, 0) is 28.6 Å². The maximum atomic E-state index is 12.8. The molecule has 0 spiro atoms. The Labute approximate surface area is 253 Å². The first kappa shape index (κ1) is 36.4. The number of rotatable bonds is 7. The Kier molecular flexibility index (Phi) is 13.6. The number of carbonyl (C=O) groups is 3. The molecule has 0 aromatic carbocycles. The highest BCUT2D eigenvalue weighted by molar-refractivity contribution is 5.73. The van der Waals surface area contributed by atoms with Gasteiger partial charge < -0.3 is 24.6 Å². The number of carbonyl (C=O) groups excluding carboxylic acids is 3. The molecule has 0 aromatic heterocycles. The van der Waals surface area contributed by atoms with Crippen LogP contribution in [0.25, 0.3) is 0 Å². The number of nitrogens with zero attached hydrogens (tertiary/aromatic N) is 4. The minimum absolute atomic E-state index is 0.0663. The second-order valence-corrected chi connectivity index (χ2v) is 14.4. The molecule has 2 rings (SSSR count). The first-order chi connectivity index (χ1) is 19.3. The maximum Gasteiger partial charge on any atom is 0.320 e. The monoisotopic (exact) mass is 599 g/mol. The highest BCUT2D eigenvalue weighted by atomic mass is 16.6. The molecule has 12 nitrogen and oxygen atoms in total. The van der Waals surface area contributed by atoms with Gasteiger partial charge >= 0.3 is 17.9 Å². The van der Waals surface area contributed by atoms with E-state index in [4.69, 9.17) is 14.2 Å². The standard InChI is InChI=1S/C30H57N5O7/c1-28(2,3)40-25(37)20-32-10-12-33(21-26(38)41-29(4,5)6)14-16-35(23-18-31-19-24(23)36)17-15-34(13-11-32)22-27(39)42-30(7,8)9/h23-24,31,36H,10-22H2,1-9H3/t23-,24-/m1/s1. The van der Waals surface area contributed by atoms with E-state index < -0.39 is 22.9 Å². The molecular formula is C30H57N5O7. The lowest BCUT2D eigenvalue weighted by molar-refractivity contribution is -0.158. The van der Waals surface area contributed by atoms with E-state index in [9.17, 15) is 19.5 Å². The quantitative estimate of drug-likeness (QED) is 0.314. The topological polar surface area (TPSA) is 124 Å². The number of esters is 3. The maximum absolute atomic E-state index is 12.8. The highest BCUT2D eigenvalue weighted by Gasteiger charge is 2.32. The van der Waals surface area contributed by atoms with E-state index in [1.165, 1.54) is 0 Å². The van der Waals surface area contributed by atoms with Crippen LogP contribution >= 0.6 is 0 Å². The van der Waals surface area contributed by atoms with Gasteiger partial charge in [0, 0.05) is 71.5 Å². The van der Waals surface area contributed by atoms with Crippen molar-refractivity contribution in [2.24, 2.45) is 0 Å². The Hall–Kier alpha value is -1.83. The molecular weight excluding hydrogens is 542 g/mol. The Balaban J connectivity index is 2.26. The lowest BCUT2D eigenvalue weighted by Crippen LogP contribution is -2.53. The average Bonchev–Trinajstić information content (AvgIpc) is 3.20. The van der Waals surface area contributed by atoms with Crippen LogP contribution < -0.4 is 5.32 Å². The van der Waals surface area contributed by atoms with E-state index >= 15 is 0 Å². The summed E-state index contributed by atoms with van der Waals surface area (Å²) >= 11 is 0. The Bertz CT molecular complexity index is 835. The predicted molar refractivity (Wildman–Crippen MR) is 161 cm³/mol. The zero-order valence-corrected chi connectivity index (χ0v) is 27.5. The lowest BCUT2D eigenvalue weighted by Gasteiger charge is -2.37. The van der Waals surface area contributed by atoms with Crippen LogP contribution in [0.3, 0.4) is 0 Å². The van der Waals surface area contributed by atoms with E-state index in [-0.39, 0.29) is 43.6 Å². The van der Waals surface area contributed by atoms with E-state index in [1.54, 1.807) is 0 Å². The molecule has 0 unspecified atom stereocenters. The van der Waals surface area contributed by atoms with Crippen molar-refractivity contribution in [3.8, 4) is 0 Å². The number of aliphatic hydroxyl groups excluding tert-OH is 1. The lowest BCUT2D eigenvalue weighted by atomic mass is 10.1. The number of ether oxygens (including phenoxy) is 3. The number of nitrogens with one attached hydrogen (secondary N) is 1. The van der Waals surface area contributed by atoms with Crippen LogP contribution in [0, 0.1) is 0 Å². The summed E-state index contributed by atoms with van der Waals surface area (Å²) in [5.41, 5.74) is -1.77. The van der Waals surface area contributed by atoms with Crippen molar-refractivity contribution in [2.75, 3.05) is 85.1 Å². The van der Waals surface area contributed by atoms with Crippen molar-refractivity contribution in [1.29, 1.82) is 0 Å². The van der Waals surface area contributed by atoms with Crippen LogP contribution in [0.5, 0.6) is 0 Å². The summed E-state index contributed by atoms with van der Waals surface area (Å²) in [6.45, 7) is 22.7. The number of hydrogen-bond donors (Lipinski definition) is 2. The first-order valence-corrected chi connectivity index (χ1v) is 15.2. The number of hydrogen-bond acceptors (Lipinski definition) is 12. The fourth-order valence-corrected chi connectivity index (χ4v) is 5.05. The molecule has 0 bridgehead atoms. The van der Waals surface area contributed by atoms with Crippen LogP contribution in [0.1, 0.15) is 62.3 Å². The van der Waals surface area contributed by atoms with Gasteiger partial charge in [-0.2, -0.15) is 0 Å². The Morgan fingerprint density at radius 3 is 1.17 bits per heavy atom. The minimum Gasteiger partial charge on any atom is -0.459 e. The Morgan fingerprint density at radius 1 is 0.595 bits per heavy atom. The minimum atomic E-state index is -0.599. The third-order valence-corrected chi connectivity index (χ3v) is 6.81. The summed E-state index contributed by atoms with van der Waals surface area (Å²) in [7, 11) is 0. The zero-order chi connectivity index (χ0) is 31.7. The molecule has 2 atom stereocenters. The second-order valence-electron chi connectivity index (χ2n) is 14.4. The fraction of sp³-hybridized carbons (Fsp3) is 0.900. The molecule has 0 radical (unpaired) electrons. The first-order valence-electron chi connectivity index (χ1n) is 15.2. The van der Waals surface area contributed by atoms with Gasteiger partial charge in [0.05, 0.1) is 25.7 Å². The summed E-state index contributed by atoms with van der Waals surface area (Å²) in [5, 5.41) is 13.9. The SMILES string of the molecule is CC(C)(C)OC(=O)CN1CCN(CC(=O)OC(C)(C)C)CCN([C@@H]2CNC[C@H]2O)CCN(CC(=O)OC(C)(C)C)CC1. The predicted octanol–water partition coefficient (Wildman–Crippen LogP) is 0.566. The summed E-state index contributed by atoms with van der Waals surface area (Å²) in [4.78, 5) is 46.7. The van der Waals surface area contributed by atoms with Gasteiger partial charge in [-0.15, -0.1) is 0 Å². The third kappa shape index (κ3) is 15.1. The molecule has 2 saturated heterocycles. The van der Waals surface area contributed by atoms with Crippen molar-refractivity contribution in [3.63, 3.8) is 0 Å². The van der Waals surface area contributed by atoms with Gasteiger partial charge in [0.1, 0.15) is 16.8 Å². The number of aliphatic hydroxyl groups is 1. The summed E-state index contributed by atoms with van der Waals surface area (Å²) in [5.74, 6) is -0.919. The van der Waals surface area contributed by atoms with Gasteiger partial charge in [0.15, 0.2) is 0 Å². The van der Waals surface area contributed by atoms with Crippen LogP contribution in [-0.4, -0.2) is 157 Å². The molecule has 2 fully saturated rings. The van der Waals surface area contributed by atoms with Gasteiger partial charge in [-0.25, -0.2) is 0 Å². The van der Waals surface area contributed by atoms with Gasteiger partial charge in [0.25, 0.3) is 0 Å². The molecule has 2 aliphatic heterocycles. The van der Waals surface area contributed by atoms with E-state index in [0.29, 0.717) is 65.4 Å². The van der Waals surface area contributed by atoms with Crippen molar-refractivity contribution in [3.05, 3.63) is 0 Å². The van der Waals surface area contributed by atoms with Crippen molar-refractivity contribution >= 4 is 17.9 Å². The molecule has 244 valence electrons. The van der Waals surface area contributed by atoms with Crippen LogP contribution in [0.15, 0.2) is 0 Å². The van der Waals surface area contributed by atoms with Crippen molar-refractivity contribution in [2.45, 2.75) is 91.3 Å². The highest BCUT2D eigenvalue weighted by Crippen LogP contribution is 2.14. The van der Waals surface area contributed by atoms with Gasteiger partial charge in [-0.1, -0.05) is 0 Å². The van der Waals surface area contributed by atoms with Crippen LogP contribution in [0.2, 0.25) is 0 Å². The van der Waals surface area contributed by atoms with Crippen molar-refractivity contribution in [1.82, 2.24) is 24.9 Å². The summed E-state index contributed by atoms with van der Waals surface area (Å²) in [6, 6.07) is -0.0663. The van der Waals surface area contributed by atoms with E-state index in [0.717, 1.165) is 0 Å². The third-order valence-electron chi connectivity index (χ3n) is 6.81.